The van der Waals surface area contributed by atoms with Crippen molar-refractivity contribution in [3.8, 4) is 0 Å². The molecule has 1 N–H and O–H groups in total. The smallest absolute Gasteiger partial charge is 0.227 e. The van der Waals surface area contributed by atoms with Gasteiger partial charge >= 0.3 is 0 Å². The van der Waals surface area contributed by atoms with Crippen LogP contribution in [0.5, 0.6) is 0 Å². The molecule has 0 unspecified atom stereocenters. The van der Waals surface area contributed by atoms with E-state index in [1.165, 1.54) is 6.07 Å². The van der Waals surface area contributed by atoms with E-state index in [-0.39, 0.29) is 24.4 Å². The van der Waals surface area contributed by atoms with Gasteiger partial charge in [-0.25, -0.2) is 8.78 Å². The van der Waals surface area contributed by atoms with E-state index in [2.05, 4.69) is 5.32 Å². The van der Waals surface area contributed by atoms with Gasteiger partial charge in [-0.15, -0.1) is 0 Å². The highest BCUT2D eigenvalue weighted by atomic mass is 35.5. The summed E-state index contributed by atoms with van der Waals surface area (Å²) in [5.41, 5.74) is 0.328. The summed E-state index contributed by atoms with van der Waals surface area (Å²) in [5, 5.41) is 2.42. The normalized spacial score (nSPS) is 26.3. The van der Waals surface area contributed by atoms with Crippen molar-refractivity contribution in [2.75, 3.05) is 26.3 Å². The van der Waals surface area contributed by atoms with Crippen molar-refractivity contribution in [2.24, 2.45) is 5.92 Å². The van der Waals surface area contributed by atoms with Crippen molar-refractivity contribution >= 4 is 17.5 Å². The molecule has 3 rings (SSSR count). The topological polar surface area (TPSA) is 41.6 Å². The summed E-state index contributed by atoms with van der Waals surface area (Å²) in [5.74, 6) is -1.80. The Kier molecular flexibility index (Phi) is 4.10. The zero-order chi connectivity index (χ0) is 15.0. The van der Waals surface area contributed by atoms with Gasteiger partial charge in [0.05, 0.1) is 25.2 Å². The van der Waals surface area contributed by atoms with Crippen LogP contribution in [0.3, 0.4) is 0 Å². The van der Waals surface area contributed by atoms with Crippen LogP contribution in [0.1, 0.15) is 5.56 Å². The van der Waals surface area contributed by atoms with Crippen LogP contribution >= 0.6 is 11.6 Å². The van der Waals surface area contributed by atoms with Gasteiger partial charge in [-0.05, 0) is 6.07 Å². The Labute approximate surface area is 126 Å². The summed E-state index contributed by atoms with van der Waals surface area (Å²) in [7, 11) is 0. The number of nitrogens with zero attached hydrogens (tertiary/aromatic N) is 1. The average Bonchev–Trinajstić information content (AvgIpc) is 2.68. The van der Waals surface area contributed by atoms with E-state index in [4.69, 9.17) is 16.3 Å². The molecular formula is C14H15ClF2N2O2. The third-order valence-electron chi connectivity index (χ3n) is 3.82. The SMILES string of the molecule is O=C1N[C@@H]2COC[C@H]1CN(Cc1ccc(F)c(Cl)c1F)C2. The fraction of sp³-hybridized carbons (Fsp3) is 0.500. The molecule has 2 aliphatic rings. The molecule has 0 aromatic heterocycles. The molecule has 1 amide bonds. The molecule has 114 valence electrons. The fourth-order valence-corrected chi connectivity index (χ4v) is 2.96. The Hall–Kier alpha value is -1.24. The first-order valence-electron chi connectivity index (χ1n) is 6.77. The molecule has 0 saturated carbocycles. The Morgan fingerprint density at radius 3 is 2.95 bits per heavy atom. The van der Waals surface area contributed by atoms with Crippen molar-refractivity contribution in [3.63, 3.8) is 0 Å². The maximum Gasteiger partial charge on any atom is 0.227 e. The third kappa shape index (κ3) is 3.02. The highest BCUT2D eigenvalue weighted by Crippen LogP contribution is 2.24. The molecule has 2 saturated heterocycles. The number of ether oxygens (including phenoxy) is 1. The van der Waals surface area contributed by atoms with E-state index in [1.54, 1.807) is 0 Å². The molecule has 0 aliphatic carbocycles. The molecule has 2 bridgehead atoms. The van der Waals surface area contributed by atoms with Gasteiger partial charge < -0.3 is 10.1 Å². The number of benzene rings is 1. The largest absolute Gasteiger partial charge is 0.378 e. The lowest BCUT2D eigenvalue weighted by atomic mass is 10.1. The maximum absolute atomic E-state index is 14.0. The fourth-order valence-electron chi connectivity index (χ4n) is 2.78. The van der Waals surface area contributed by atoms with Crippen molar-refractivity contribution in [2.45, 2.75) is 12.6 Å². The van der Waals surface area contributed by atoms with Crippen LogP contribution in [-0.4, -0.2) is 43.2 Å². The second-order valence-electron chi connectivity index (χ2n) is 5.47. The van der Waals surface area contributed by atoms with Gasteiger partial charge in [-0.3, -0.25) is 9.69 Å². The number of rotatable bonds is 2. The van der Waals surface area contributed by atoms with Gasteiger partial charge in [-0.2, -0.15) is 0 Å². The van der Waals surface area contributed by atoms with Crippen molar-refractivity contribution < 1.29 is 18.3 Å². The molecule has 1 aromatic carbocycles. The highest BCUT2D eigenvalue weighted by Gasteiger charge is 2.33. The zero-order valence-electron chi connectivity index (χ0n) is 11.2. The average molecular weight is 317 g/mol. The summed E-state index contributed by atoms with van der Waals surface area (Å²) < 4.78 is 32.6. The van der Waals surface area contributed by atoms with Crippen LogP contribution in [0.2, 0.25) is 5.02 Å². The van der Waals surface area contributed by atoms with Gasteiger partial charge in [0.2, 0.25) is 5.91 Å². The number of carbonyl (C=O) groups excluding carboxylic acids is 1. The number of nitrogens with one attached hydrogen (secondary N) is 1. The third-order valence-corrected chi connectivity index (χ3v) is 4.17. The van der Waals surface area contributed by atoms with Crippen molar-refractivity contribution in [3.05, 3.63) is 34.4 Å². The lowest BCUT2D eigenvalue weighted by Gasteiger charge is -2.27. The van der Waals surface area contributed by atoms with E-state index in [1.807, 2.05) is 4.90 Å². The molecule has 0 radical (unpaired) electrons. The summed E-state index contributed by atoms with van der Waals surface area (Å²) in [6, 6.07) is 2.44. The van der Waals surface area contributed by atoms with Gasteiger partial charge in [-0.1, -0.05) is 17.7 Å². The van der Waals surface area contributed by atoms with Gasteiger partial charge in [0.15, 0.2) is 0 Å². The van der Waals surface area contributed by atoms with E-state index in [0.29, 0.717) is 31.9 Å². The van der Waals surface area contributed by atoms with E-state index < -0.39 is 16.7 Å². The molecule has 2 atom stereocenters. The second kappa shape index (κ2) is 5.87. The van der Waals surface area contributed by atoms with Crippen molar-refractivity contribution in [1.29, 1.82) is 0 Å². The van der Waals surface area contributed by atoms with E-state index in [9.17, 15) is 13.6 Å². The quantitative estimate of drug-likeness (QED) is 0.842. The lowest BCUT2D eigenvalue weighted by Crippen LogP contribution is -2.41. The number of hydrogen-bond acceptors (Lipinski definition) is 3. The summed E-state index contributed by atoms with van der Waals surface area (Å²) >= 11 is 5.60. The minimum atomic E-state index is -0.768. The summed E-state index contributed by atoms with van der Waals surface area (Å²) in [6.45, 7) is 2.15. The molecule has 2 fully saturated rings. The van der Waals surface area contributed by atoms with Crippen LogP contribution in [0.25, 0.3) is 0 Å². The molecule has 4 nitrogen and oxygen atoms in total. The minimum Gasteiger partial charge on any atom is -0.378 e. The maximum atomic E-state index is 14.0. The molecule has 1 aromatic rings. The monoisotopic (exact) mass is 316 g/mol. The van der Waals surface area contributed by atoms with Gasteiger partial charge in [0.25, 0.3) is 0 Å². The summed E-state index contributed by atoms with van der Waals surface area (Å²) in [4.78, 5) is 13.9. The zero-order valence-corrected chi connectivity index (χ0v) is 12.0. The van der Waals surface area contributed by atoms with Crippen LogP contribution in [-0.2, 0) is 16.1 Å². The Morgan fingerprint density at radius 2 is 2.14 bits per heavy atom. The first-order valence-corrected chi connectivity index (χ1v) is 7.15. The van der Waals surface area contributed by atoms with Crippen LogP contribution < -0.4 is 5.32 Å². The number of halogens is 3. The highest BCUT2D eigenvalue weighted by molar-refractivity contribution is 6.30. The van der Waals surface area contributed by atoms with E-state index >= 15 is 0 Å². The molecule has 2 heterocycles. The Morgan fingerprint density at radius 1 is 1.33 bits per heavy atom. The van der Waals surface area contributed by atoms with E-state index in [0.717, 1.165) is 6.07 Å². The Bertz CT molecular complexity index is 570. The predicted molar refractivity (Wildman–Crippen MR) is 72.9 cm³/mol. The van der Waals surface area contributed by atoms with Crippen LogP contribution in [0, 0.1) is 17.6 Å². The minimum absolute atomic E-state index is 0.0300. The lowest BCUT2D eigenvalue weighted by molar-refractivity contribution is -0.125. The molecule has 7 heteroatoms. The standard InChI is InChI=1S/C14H15ClF2N2O2/c15-12-11(16)2-1-8(13(12)17)3-19-4-9-6-21-7-10(5-19)18-14(9)20/h1-2,9-10H,3-7H2,(H,18,20)/t9-,10+/m1/s1. The van der Waals surface area contributed by atoms with Gasteiger partial charge in [0, 0.05) is 25.2 Å². The molecular weight excluding hydrogens is 302 g/mol. The van der Waals surface area contributed by atoms with Crippen LogP contribution in [0.15, 0.2) is 12.1 Å². The Balaban J connectivity index is 1.79. The molecule has 0 spiro atoms. The first-order chi connectivity index (χ1) is 10.0. The molecule has 21 heavy (non-hydrogen) atoms. The molecule has 2 aliphatic heterocycles. The van der Waals surface area contributed by atoms with Crippen molar-refractivity contribution in [1.82, 2.24) is 10.2 Å². The first kappa shape index (κ1) is 14.7. The number of hydrogen-bond donors (Lipinski definition) is 1. The summed E-state index contributed by atoms with van der Waals surface area (Å²) in [6.07, 6.45) is 0. The van der Waals surface area contributed by atoms with Gasteiger partial charge in [0.1, 0.15) is 16.7 Å². The van der Waals surface area contributed by atoms with Crippen LogP contribution in [0.4, 0.5) is 8.78 Å². The number of carbonyl (C=O) groups is 1. The number of amides is 1. The second-order valence-corrected chi connectivity index (χ2v) is 5.85. The predicted octanol–water partition coefficient (Wildman–Crippen LogP) is 1.56. The number of fused-ring (bicyclic) bond motifs is 3.